The lowest BCUT2D eigenvalue weighted by Gasteiger charge is -2.16. The fourth-order valence-corrected chi connectivity index (χ4v) is 3.58. The van der Waals surface area contributed by atoms with Gasteiger partial charge in [-0.05, 0) is 55.0 Å². The molecule has 0 unspecified atom stereocenters. The summed E-state index contributed by atoms with van der Waals surface area (Å²) in [6.45, 7) is 0.00808. The Kier molecular flexibility index (Phi) is 5.03. The Morgan fingerprint density at radius 1 is 1.07 bits per heavy atom. The number of carbonyl (C=O) groups excluding carboxylic acids is 1. The molecule has 138 valence electrons. The summed E-state index contributed by atoms with van der Waals surface area (Å²) in [5.74, 6) is 0.433. The number of nitrogens with zero attached hydrogens (tertiary/aromatic N) is 2. The molecule has 27 heavy (non-hydrogen) atoms. The maximum Gasteiger partial charge on any atom is 0.251 e. The molecule has 5 heteroatoms. The number of benzene rings is 2. The molecule has 0 aliphatic heterocycles. The van der Waals surface area contributed by atoms with Gasteiger partial charge in [0.15, 0.2) is 0 Å². The standard InChI is InChI=1S/C22H23N3O2/c1-27-15-22(26)23-21-14-20(24-25(21)19-9-3-2-4-10-19)18-12-11-16-7-5-6-8-17(16)13-18/h2-4,9-14H,5-8,15H2,1H3,(H,23,26). The summed E-state index contributed by atoms with van der Waals surface area (Å²) in [6.07, 6.45) is 4.80. The van der Waals surface area contributed by atoms with E-state index in [1.54, 1.807) is 4.68 Å². The predicted molar refractivity (Wildman–Crippen MR) is 106 cm³/mol. The van der Waals surface area contributed by atoms with E-state index < -0.39 is 0 Å². The van der Waals surface area contributed by atoms with Crippen LogP contribution in [0, 0.1) is 0 Å². The zero-order chi connectivity index (χ0) is 18.6. The Labute approximate surface area is 159 Å². The fraction of sp³-hybridized carbons (Fsp3) is 0.273. The van der Waals surface area contributed by atoms with Crippen LogP contribution in [-0.2, 0) is 22.4 Å². The number of hydrogen-bond donors (Lipinski definition) is 1. The summed E-state index contributed by atoms with van der Waals surface area (Å²) < 4.78 is 6.70. The fourth-order valence-electron chi connectivity index (χ4n) is 3.58. The van der Waals surface area contributed by atoms with Crippen LogP contribution in [-0.4, -0.2) is 29.4 Å². The molecule has 1 amide bonds. The number of ether oxygens (including phenoxy) is 1. The first-order valence-corrected chi connectivity index (χ1v) is 9.31. The molecule has 0 fully saturated rings. The molecule has 1 heterocycles. The number of anilines is 1. The molecule has 0 saturated carbocycles. The summed E-state index contributed by atoms with van der Waals surface area (Å²) >= 11 is 0. The number of carbonyl (C=O) groups is 1. The van der Waals surface area contributed by atoms with E-state index in [2.05, 4.69) is 23.5 Å². The minimum atomic E-state index is -0.202. The largest absolute Gasteiger partial charge is 0.375 e. The van der Waals surface area contributed by atoms with Crippen molar-refractivity contribution in [3.05, 3.63) is 65.7 Å². The molecule has 1 aliphatic carbocycles. The molecule has 0 spiro atoms. The molecular weight excluding hydrogens is 338 g/mol. The van der Waals surface area contributed by atoms with Gasteiger partial charge in [0.05, 0.1) is 11.4 Å². The minimum Gasteiger partial charge on any atom is -0.375 e. The number of methoxy groups -OCH3 is 1. The van der Waals surface area contributed by atoms with Crippen LogP contribution in [0.15, 0.2) is 54.6 Å². The van der Waals surface area contributed by atoms with Crippen LogP contribution < -0.4 is 5.32 Å². The molecule has 0 atom stereocenters. The molecule has 0 saturated heterocycles. The van der Waals surface area contributed by atoms with Crippen molar-refractivity contribution in [1.29, 1.82) is 0 Å². The summed E-state index contributed by atoms with van der Waals surface area (Å²) in [5, 5.41) is 7.67. The molecule has 5 nitrogen and oxygen atoms in total. The first kappa shape index (κ1) is 17.5. The maximum atomic E-state index is 12.1. The number of rotatable bonds is 5. The molecule has 3 aromatic rings. The van der Waals surface area contributed by atoms with Gasteiger partial charge in [0, 0.05) is 18.7 Å². The highest BCUT2D eigenvalue weighted by molar-refractivity contribution is 5.91. The van der Waals surface area contributed by atoms with Gasteiger partial charge in [-0.15, -0.1) is 0 Å². The molecule has 2 aromatic carbocycles. The van der Waals surface area contributed by atoms with Crippen molar-refractivity contribution in [2.24, 2.45) is 0 Å². The van der Waals surface area contributed by atoms with E-state index in [-0.39, 0.29) is 12.5 Å². The molecule has 1 aliphatic rings. The van der Waals surface area contributed by atoms with Gasteiger partial charge in [-0.3, -0.25) is 4.79 Å². The first-order valence-electron chi connectivity index (χ1n) is 9.31. The van der Waals surface area contributed by atoms with Crippen LogP contribution in [0.4, 0.5) is 5.82 Å². The van der Waals surface area contributed by atoms with Gasteiger partial charge in [0.25, 0.3) is 5.91 Å². The number of amides is 1. The average Bonchev–Trinajstić information content (AvgIpc) is 3.12. The van der Waals surface area contributed by atoms with Gasteiger partial charge in [0.1, 0.15) is 12.4 Å². The van der Waals surface area contributed by atoms with E-state index >= 15 is 0 Å². The SMILES string of the molecule is COCC(=O)Nc1cc(-c2ccc3c(c2)CCCC3)nn1-c1ccccc1. The Balaban J connectivity index is 1.73. The topological polar surface area (TPSA) is 56.1 Å². The molecule has 4 rings (SSSR count). The third-order valence-corrected chi connectivity index (χ3v) is 4.90. The van der Waals surface area contributed by atoms with Crippen molar-refractivity contribution in [2.45, 2.75) is 25.7 Å². The monoisotopic (exact) mass is 361 g/mol. The smallest absolute Gasteiger partial charge is 0.251 e. The van der Waals surface area contributed by atoms with E-state index in [1.165, 1.54) is 31.1 Å². The normalized spacial score (nSPS) is 13.2. The molecular formula is C22H23N3O2. The Hall–Kier alpha value is -2.92. The van der Waals surface area contributed by atoms with E-state index in [0.717, 1.165) is 29.8 Å². The second-order valence-electron chi connectivity index (χ2n) is 6.83. The van der Waals surface area contributed by atoms with Crippen LogP contribution in [0.3, 0.4) is 0 Å². The highest BCUT2D eigenvalue weighted by Gasteiger charge is 2.16. The molecule has 1 aromatic heterocycles. The predicted octanol–water partition coefficient (Wildman–Crippen LogP) is 4.00. The van der Waals surface area contributed by atoms with Crippen molar-refractivity contribution in [2.75, 3.05) is 19.0 Å². The zero-order valence-corrected chi connectivity index (χ0v) is 15.4. The third-order valence-electron chi connectivity index (χ3n) is 4.90. The van der Waals surface area contributed by atoms with Gasteiger partial charge < -0.3 is 10.1 Å². The van der Waals surface area contributed by atoms with Crippen molar-refractivity contribution < 1.29 is 9.53 Å². The lowest BCUT2D eigenvalue weighted by Crippen LogP contribution is -2.19. The number of para-hydroxylation sites is 1. The highest BCUT2D eigenvalue weighted by atomic mass is 16.5. The van der Waals surface area contributed by atoms with E-state index in [4.69, 9.17) is 9.84 Å². The summed E-state index contributed by atoms with van der Waals surface area (Å²) in [4.78, 5) is 12.1. The summed E-state index contributed by atoms with van der Waals surface area (Å²) in [6, 6.07) is 18.3. The van der Waals surface area contributed by atoms with Crippen molar-refractivity contribution in [1.82, 2.24) is 9.78 Å². The minimum absolute atomic E-state index is 0.00808. The maximum absolute atomic E-state index is 12.1. The summed E-state index contributed by atoms with van der Waals surface area (Å²) in [5.41, 5.74) is 5.68. The van der Waals surface area contributed by atoms with Crippen LogP contribution in [0.25, 0.3) is 16.9 Å². The van der Waals surface area contributed by atoms with Gasteiger partial charge in [-0.1, -0.05) is 30.3 Å². The van der Waals surface area contributed by atoms with Gasteiger partial charge in [0.2, 0.25) is 0 Å². The van der Waals surface area contributed by atoms with E-state index in [0.29, 0.717) is 5.82 Å². The van der Waals surface area contributed by atoms with Crippen LogP contribution in [0.1, 0.15) is 24.0 Å². The van der Waals surface area contributed by atoms with Gasteiger partial charge >= 0.3 is 0 Å². The Morgan fingerprint density at radius 2 is 1.85 bits per heavy atom. The molecule has 0 bridgehead atoms. The van der Waals surface area contributed by atoms with Gasteiger partial charge in [-0.2, -0.15) is 5.10 Å². The zero-order valence-electron chi connectivity index (χ0n) is 15.4. The number of aromatic nitrogens is 2. The third kappa shape index (κ3) is 3.78. The van der Waals surface area contributed by atoms with Gasteiger partial charge in [-0.25, -0.2) is 4.68 Å². The molecule has 0 radical (unpaired) electrons. The number of aryl methyl sites for hydroxylation is 2. The Morgan fingerprint density at radius 3 is 2.63 bits per heavy atom. The Bertz CT molecular complexity index is 947. The number of nitrogens with one attached hydrogen (secondary N) is 1. The van der Waals surface area contributed by atoms with Crippen LogP contribution in [0.2, 0.25) is 0 Å². The van der Waals surface area contributed by atoms with E-state index in [9.17, 15) is 4.79 Å². The highest BCUT2D eigenvalue weighted by Crippen LogP contribution is 2.29. The molecule has 1 N–H and O–H groups in total. The van der Waals surface area contributed by atoms with Crippen molar-refractivity contribution in [3.63, 3.8) is 0 Å². The average molecular weight is 361 g/mol. The summed E-state index contributed by atoms with van der Waals surface area (Å²) in [7, 11) is 1.51. The van der Waals surface area contributed by atoms with Crippen molar-refractivity contribution >= 4 is 11.7 Å². The lowest BCUT2D eigenvalue weighted by molar-refractivity contribution is -0.119. The van der Waals surface area contributed by atoms with Crippen molar-refractivity contribution in [3.8, 4) is 16.9 Å². The van der Waals surface area contributed by atoms with Crippen LogP contribution in [0.5, 0.6) is 0 Å². The quantitative estimate of drug-likeness (QED) is 0.747. The number of hydrogen-bond acceptors (Lipinski definition) is 3. The second-order valence-corrected chi connectivity index (χ2v) is 6.83. The van der Waals surface area contributed by atoms with Crippen LogP contribution >= 0.6 is 0 Å². The lowest BCUT2D eigenvalue weighted by atomic mass is 9.90. The first-order chi connectivity index (χ1) is 13.2. The number of fused-ring (bicyclic) bond motifs is 1. The van der Waals surface area contributed by atoms with E-state index in [1.807, 2.05) is 36.4 Å². The second kappa shape index (κ2) is 7.76.